The summed E-state index contributed by atoms with van der Waals surface area (Å²) in [5.74, 6) is 0.549. The second-order valence-electron chi connectivity index (χ2n) is 4.69. The quantitative estimate of drug-likeness (QED) is 0.751. The Morgan fingerprint density at radius 2 is 2.05 bits per heavy atom. The van der Waals surface area contributed by atoms with Gasteiger partial charge in [0.15, 0.2) is 0 Å². The molecule has 21 heavy (non-hydrogen) atoms. The average Bonchev–Trinajstić information content (AvgIpc) is 3.06. The Labute approximate surface area is 131 Å². The molecule has 0 aliphatic rings. The van der Waals surface area contributed by atoms with Crippen LogP contribution >= 0.6 is 22.9 Å². The Kier molecular flexibility index (Phi) is 4.17. The molecular formula is C15H16N4S2. The zero-order valence-electron chi connectivity index (χ0n) is 11.7. The van der Waals surface area contributed by atoms with Gasteiger partial charge in [-0.1, -0.05) is 30.3 Å². The molecule has 0 amide bonds. The Bertz CT molecular complexity index is 718. The maximum atomic E-state index is 5.99. The van der Waals surface area contributed by atoms with E-state index in [9.17, 15) is 0 Å². The topological polar surface area (TPSA) is 63.8 Å². The van der Waals surface area contributed by atoms with Crippen LogP contribution in [0.2, 0.25) is 0 Å². The largest absolute Gasteiger partial charge is 0.382 e. The molecule has 0 spiro atoms. The summed E-state index contributed by atoms with van der Waals surface area (Å²) in [5, 5.41) is 7.48. The SMILES string of the molecule is Cc1nc(-c2c(N)nsc2NCCc2ccccc2)cs1. The maximum absolute atomic E-state index is 5.99. The first-order valence-corrected chi connectivity index (χ1v) is 8.35. The van der Waals surface area contributed by atoms with Gasteiger partial charge in [-0.2, -0.15) is 4.37 Å². The molecule has 3 rings (SSSR count). The van der Waals surface area contributed by atoms with Crippen LogP contribution in [0.4, 0.5) is 10.8 Å². The van der Waals surface area contributed by atoms with Crippen molar-refractivity contribution in [3.8, 4) is 11.3 Å². The van der Waals surface area contributed by atoms with Crippen molar-refractivity contribution in [1.29, 1.82) is 0 Å². The van der Waals surface area contributed by atoms with Crippen molar-refractivity contribution >= 4 is 33.7 Å². The number of aryl methyl sites for hydroxylation is 1. The second-order valence-corrected chi connectivity index (χ2v) is 6.52. The van der Waals surface area contributed by atoms with Crippen LogP contribution in [-0.2, 0) is 6.42 Å². The molecule has 4 nitrogen and oxygen atoms in total. The van der Waals surface area contributed by atoms with E-state index in [1.54, 1.807) is 11.3 Å². The van der Waals surface area contributed by atoms with Crippen LogP contribution in [0.25, 0.3) is 11.3 Å². The summed E-state index contributed by atoms with van der Waals surface area (Å²) in [6.45, 7) is 2.84. The van der Waals surface area contributed by atoms with Crippen molar-refractivity contribution < 1.29 is 0 Å². The summed E-state index contributed by atoms with van der Waals surface area (Å²) in [5.41, 5.74) is 9.14. The van der Waals surface area contributed by atoms with E-state index in [-0.39, 0.29) is 0 Å². The van der Waals surface area contributed by atoms with Crippen molar-refractivity contribution in [3.63, 3.8) is 0 Å². The fraction of sp³-hybridized carbons (Fsp3) is 0.200. The first kappa shape index (κ1) is 14.0. The first-order valence-electron chi connectivity index (χ1n) is 6.69. The summed E-state index contributed by atoms with van der Waals surface area (Å²) in [6, 6.07) is 10.4. The number of rotatable bonds is 5. The smallest absolute Gasteiger partial charge is 0.148 e. The number of benzene rings is 1. The van der Waals surface area contributed by atoms with Crippen molar-refractivity contribution in [2.75, 3.05) is 17.6 Å². The van der Waals surface area contributed by atoms with Gasteiger partial charge < -0.3 is 11.1 Å². The third-order valence-electron chi connectivity index (χ3n) is 3.14. The van der Waals surface area contributed by atoms with Crippen molar-refractivity contribution in [1.82, 2.24) is 9.36 Å². The second kappa shape index (κ2) is 6.24. The molecule has 2 heterocycles. The first-order chi connectivity index (χ1) is 10.2. The van der Waals surface area contributed by atoms with Gasteiger partial charge in [0.05, 0.1) is 16.3 Å². The zero-order chi connectivity index (χ0) is 14.7. The lowest BCUT2D eigenvalue weighted by atomic mass is 10.1. The van der Waals surface area contributed by atoms with Gasteiger partial charge in [-0.25, -0.2) is 4.98 Å². The lowest BCUT2D eigenvalue weighted by Crippen LogP contribution is -2.04. The van der Waals surface area contributed by atoms with E-state index in [2.05, 4.69) is 38.9 Å². The third-order valence-corrected chi connectivity index (χ3v) is 4.73. The van der Waals surface area contributed by atoms with E-state index < -0.39 is 0 Å². The minimum Gasteiger partial charge on any atom is -0.382 e. The highest BCUT2D eigenvalue weighted by Gasteiger charge is 2.15. The molecule has 108 valence electrons. The van der Waals surface area contributed by atoms with Gasteiger partial charge in [0, 0.05) is 11.9 Å². The molecule has 0 atom stereocenters. The van der Waals surface area contributed by atoms with E-state index in [1.165, 1.54) is 17.1 Å². The number of anilines is 2. The van der Waals surface area contributed by atoms with E-state index in [4.69, 9.17) is 5.73 Å². The van der Waals surface area contributed by atoms with Gasteiger partial charge >= 0.3 is 0 Å². The van der Waals surface area contributed by atoms with Gasteiger partial charge in [-0.15, -0.1) is 11.3 Å². The van der Waals surface area contributed by atoms with Gasteiger partial charge in [-0.3, -0.25) is 0 Å². The number of nitrogens with one attached hydrogen (secondary N) is 1. The summed E-state index contributed by atoms with van der Waals surface area (Å²) in [4.78, 5) is 4.51. The molecule has 0 bridgehead atoms. The number of hydrogen-bond acceptors (Lipinski definition) is 6. The van der Waals surface area contributed by atoms with Gasteiger partial charge in [0.25, 0.3) is 0 Å². The number of nitrogens with two attached hydrogens (primary N) is 1. The monoisotopic (exact) mass is 316 g/mol. The lowest BCUT2D eigenvalue weighted by Gasteiger charge is -2.06. The van der Waals surface area contributed by atoms with Gasteiger partial charge in [0.2, 0.25) is 0 Å². The van der Waals surface area contributed by atoms with Crippen LogP contribution in [0.15, 0.2) is 35.7 Å². The summed E-state index contributed by atoms with van der Waals surface area (Å²) in [6.07, 6.45) is 0.966. The van der Waals surface area contributed by atoms with Crippen molar-refractivity contribution in [3.05, 3.63) is 46.3 Å². The summed E-state index contributed by atoms with van der Waals surface area (Å²) < 4.78 is 4.25. The number of aromatic nitrogens is 2. The average molecular weight is 316 g/mol. The van der Waals surface area contributed by atoms with E-state index in [0.717, 1.165) is 34.2 Å². The number of nitrogens with zero attached hydrogens (tertiary/aromatic N) is 2. The standard InChI is InChI=1S/C15H16N4S2/c1-10-18-12(9-20-10)13-14(16)19-21-15(13)17-8-7-11-5-3-2-4-6-11/h2-6,9,17H,7-8H2,1H3,(H2,16,19). The Morgan fingerprint density at radius 1 is 1.24 bits per heavy atom. The van der Waals surface area contributed by atoms with Gasteiger partial charge in [0.1, 0.15) is 10.8 Å². The highest BCUT2D eigenvalue weighted by molar-refractivity contribution is 7.11. The molecule has 6 heteroatoms. The molecule has 0 saturated heterocycles. The molecule has 0 fully saturated rings. The highest BCUT2D eigenvalue weighted by Crippen LogP contribution is 2.36. The van der Waals surface area contributed by atoms with E-state index in [0.29, 0.717) is 5.82 Å². The summed E-state index contributed by atoms with van der Waals surface area (Å²) in [7, 11) is 0. The van der Waals surface area contributed by atoms with Crippen LogP contribution in [0.3, 0.4) is 0 Å². The van der Waals surface area contributed by atoms with Crippen LogP contribution in [0.1, 0.15) is 10.6 Å². The zero-order valence-corrected chi connectivity index (χ0v) is 13.3. The third kappa shape index (κ3) is 3.22. The molecule has 3 aromatic rings. The Hall–Kier alpha value is -1.92. The molecule has 0 radical (unpaired) electrons. The minimum atomic E-state index is 0.549. The molecule has 0 unspecified atom stereocenters. The predicted molar refractivity (Wildman–Crippen MR) is 91.0 cm³/mol. The van der Waals surface area contributed by atoms with Crippen molar-refractivity contribution in [2.24, 2.45) is 0 Å². The molecule has 0 aliphatic carbocycles. The Balaban J connectivity index is 1.72. The number of nitrogen functional groups attached to an aromatic ring is 1. The van der Waals surface area contributed by atoms with Crippen LogP contribution in [0, 0.1) is 6.92 Å². The molecule has 0 saturated carbocycles. The fourth-order valence-electron chi connectivity index (χ4n) is 2.11. The molecule has 1 aromatic carbocycles. The Morgan fingerprint density at radius 3 is 2.76 bits per heavy atom. The molecule has 0 aliphatic heterocycles. The number of thiazole rings is 1. The predicted octanol–water partition coefficient (Wildman–Crippen LogP) is 3.81. The molecule has 2 aromatic heterocycles. The molecule has 3 N–H and O–H groups in total. The lowest BCUT2D eigenvalue weighted by molar-refractivity contribution is 1.02. The van der Waals surface area contributed by atoms with Crippen molar-refractivity contribution in [2.45, 2.75) is 13.3 Å². The minimum absolute atomic E-state index is 0.549. The van der Waals surface area contributed by atoms with E-state index in [1.807, 2.05) is 18.4 Å². The number of hydrogen-bond donors (Lipinski definition) is 2. The van der Waals surface area contributed by atoms with E-state index >= 15 is 0 Å². The fourth-order valence-corrected chi connectivity index (χ4v) is 3.47. The van der Waals surface area contributed by atoms with Crippen LogP contribution in [0.5, 0.6) is 0 Å². The summed E-state index contributed by atoms with van der Waals surface area (Å²) >= 11 is 3.02. The highest BCUT2D eigenvalue weighted by atomic mass is 32.1. The molecular weight excluding hydrogens is 300 g/mol. The van der Waals surface area contributed by atoms with Gasteiger partial charge in [-0.05, 0) is 30.4 Å². The van der Waals surface area contributed by atoms with Crippen LogP contribution < -0.4 is 11.1 Å². The maximum Gasteiger partial charge on any atom is 0.148 e. The normalized spacial score (nSPS) is 10.7. The van der Waals surface area contributed by atoms with Crippen LogP contribution in [-0.4, -0.2) is 15.9 Å².